The Morgan fingerprint density at radius 3 is 2.65 bits per heavy atom. The first kappa shape index (κ1) is 12.9. The maximum atomic E-state index is 9.68. The van der Waals surface area contributed by atoms with Crippen molar-refractivity contribution in [3.63, 3.8) is 0 Å². The third kappa shape index (κ3) is 2.64. The SMILES string of the molecule is CC(C)C1CCCC(C#N)(N2CCNCC2)C1. The number of nitriles is 1. The number of hydrogen-bond acceptors (Lipinski definition) is 3. The monoisotopic (exact) mass is 235 g/mol. The maximum absolute atomic E-state index is 9.68. The molecule has 1 aliphatic heterocycles. The van der Waals surface area contributed by atoms with E-state index in [9.17, 15) is 5.26 Å². The van der Waals surface area contributed by atoms with Gasteiger partial charge in [-0.05, 0) is 31.1 Å². The van der Waals surface area contributed by atoms with Crippen molar-refractivity contribution in [2.75, 3.05) is 26.2 Å². The second-order valence-corrected chi connectivity index (χ2v) is 5.98. The summed E-state index contributed by atoms with van der Waals surface area (Å²) in [6.45, 7) is 8.76. The van der Waals surface area contributed by atoms with Crippen LogP contribution in [-0.4, -0.2) is 36.6 Å². The summed E-state index contributed by atoms with van der Waals surface area (Å²) >= 11 is 0. The topological polar surface area (TPSA) is 39.1 Å². The van der Waals surface area contributed by atoms with Crippen molar-refractivity contribution < 1.29 is 0 Å². The van der Waals surface area contributed by atoms with Gasteiger partial charge in [-0.2, -0.15) is 5.26 Å². The Morgan fingerprint density at radius 1 is 1.35 bits per heavy atom. The minimum Gasteiger partial charge on any atom is -0.314 e. The molecule has 2 rings (SSSR count). The van der Waals surface area contributed by atoms with E-state index in [1.54, 1.807) is 0 Å². The summed E-state index contributed by atoms with van der Waals surface area (Å²) in [5.41, 5.74) is -0.157. The molecule has 1 aliphatic carbocycles. The Kier molecular flexibility index (Phi) is 4.06. The van der Waals surface area contributed by atoms with Gasteiger partial charge in [0.2, 0.25) is 0 Å². The van der Waals surface area contributed by atoms with Crippen LogP contribution in [-0.2, 0) is 0 Å². The largest absolute Gasteiger partial charge is 0.314 e. The predicted octanol–water partition coefficient (Wildman–Crippen LogP) is 2.00. The first-order valence-electron chi connectivity index (χ1n) is 7.05. The lowest BCUT2D eigenvalue weighted by Gasteiger charge is -2.46. The zero-order valence-electron chi connectivity index (χ0n) is 11.2. The molecular formula is C14H25N3. The van der Waals surface area contributed by atoms with E-state index in [-0.39, 0.29) is 5.54 Å². The third-order valence-corrected chi connectivity index (χ3v) is 4.64. The van der Waals surface area contributed by atoms with Gasteiger partial charge in [-0.15, -0.1) is 0 Å². The van der Waals surface area contributed by atoms with Crippen LogP contribution >= 0.6 is 0 Å². The highest BCUT2D eigenvalue weighted by Crippen LogP contribution is 2.39. The average Bonchev–Trinajstić information content (AvgIpc) is 2.39. The number of rotatable bonds is 2. The summed E-state index contributed by atoms with van der Waals surface area (Å²) in [5, 5.41) is 13.1. The lowest BCUT2D eigenvalue weighted by Crippen LogP contribution is -2.57. The first-order valence-corrected chi connectivity index (χ1v) is 7.05. The fourth-order valence-corrected chi connectivity index (χ4v) is 3.42. The summed E-state index contributed by atoms with van der Waals surface area (Å²) in [7, 11) is 0. The van der Waals surface area contributed by atoms with Crippen LogP contribution in [0.2, 0.25) is 0 Å². The Morgan fingerprint density at radius 2 is 2.06 bits per heavy atom. The van der Waals surface area contributed by atoms with Gasteiger partial charge in [-0.25, -0.2) is 0 Å². The molecule has 2 unspecified atom stereocenters. The van der Waals surface area contributed by atoms with Gasteiger partial charge >= 0.3 is 0 Å². The molecule has 0 amide bonds. The molecule has 2 fully saturated rings. The van der Waals surface area contributed by atoms with Gasteiger partial charge in [0.15, 0.2) is 0 Å². The number of nitrogens with one attached hydrogen (secondary N) is 1. The number of nitrogens with zero attached hydrogens (tertiary/aromatic N) is 2. The molecule has 0 spiro atoms. The fraction of sp³-hybridized carbons (Fsp3) is 0.929. The van der Waals surface area contributed by atoms with Gasteiger partial charge in [0, 0.05) is 26.2 Å². The summed E-state index contributed by atoms with van der Waals surface area (Å²) in [5.74, 6) is 1.45. The molecular weight excluding hydrogens is 210 g/mol. The van der Waals surface area contributed by atoms with Crippen LogP contribution in [0.3, 0.4) is 0 Å². The van der Waals surface area contributed by atoms with E-state index in [4.69, 9.17) is 0 Å². The molecule has 1 saturated carbocycles. The zero-order valence-corrected chi connectivity index (χ0v) is 11.2. The van der Waals surface area contributed by atoms with Crippen molar-refractivity contribution in [3.8, 4) is 6.07 Å². The second-order valence-electron chi connectivity index (χ2n) is 5.98. The van der Waals surface area contributed by atoms with E-state index in [2.05, 4.69) is 30.1 Å². The molecule has 0 aromatic rings. The molecule has 1 N–H and O–H groups in total. The minimum atomic E-state index is -0.157. The van der Waals surface area contributed by atoms with Crippen LogP contribution < -0.4 is 5.32 Å². The van der Waals surface area contributed by atoms with E-state index in [0.717, 1.165) is 44.9 Å². The zero-order chi connectivity index (χ0) is 12.3. The maximum Gasteiger partial charge on any atom is 0.109 e. The summed E-state index contributed by atoms with van der Waals surface area (Å²) in [6.07, 6.45) is 4.70. The molecule has 3 nitrogen and oxygen atoms in total. The molecule has 2 atom stereocenters. The van der Waals surface area contributed by atoms with Crippen LogP contribution in [0.15, 0.2) is 0 Å². The fourth-order valence-electron chi connectivity index (χ4n) is 3.42. The second kappa shape index (κ2) is 5.37. The van der Waals surface area contributed by atoms with E-state index in [0.29, 0.717) is 5.92 Å². The molecule has 0 aromatic carbocycles. The Labute approximate surface area is 105 Å². The van der Waals surface area contributed by atoms with Crippen molar-refractivity contribution >= 4 is 0 Å². The van der Waals surface area contributed by atoms with Crippen molar-refractivity contribution in [1.82, 2.24) is 10.2 Å². The highest BCUT2D eigenvalue weighted by molar-refractivity contribution is 5.11. The van der Waals surface area contributed by atoms with Crippen LogP contribution in [0.1, 0.15) is 39.5 Å². The van der Waals surface area contributed by atoms with E-state index < -0.39 is 0 Å². The number of piperazine rings is 1. The molecule has 1 heterocycles. The van der Waals surface area contributed by atoms with Gasteiger partial charge in [0.05, 0.1) is 6.07 Å². The standard InChI is InChI=1S/C14H25N3/c1-12(2)13-4-3-5-14(10-13,11-15)17-8-6-16-7-9-17/h12-13,16H,3-10H2,1-2H3. The van der Waals surface area contributed by atoms with Crippen molar-refractivity contribution in [2.45, 2.75) is 45.1 Å². The van der Waals surface area contributed by atoms with E-state index >= 15 is 0 Å². The van der Waals surface area contributed by atoms with Crippen LogP contribution in [0.5, 0.6) is 0 Å². The van der Waals surface area contributed by atoms with E-state index in [1.165, 1.54) is 12.8 Å². The highest BCUT2D eigenvalue weighted by atomic mass is 15.2. The van der Waals surface area contributed by atoms with Gasteiger partial charge in [-0.1, -0.05) is 20.3 Å². The van der Waals surface area contributed by atoms with Gasteiger partial charge in [0.25, 0.3) is 0 Å². The molecule has 0 aromatic heterocycles. The number of hydrogen-bond donors (Lipinski definition) is 1. The van der Waals surface area contributed by atoms with Gasteiger partial charge in [-0.3, -0.25) is 4.90 Å². The summed E-state index contributed by atoms with van der Waals surface area (Å²) in [4.78, 5) is 2.44. The molecule has 3 heteroatoms. The molecule has 2 aliphatic rings. The van der Waals surface area contributed by atoms with E-state index in [1.807, 2.05) is 0 Å². The van der Waals surface area contributed by atoms with Crippen molar-refractivity contribution in [2.24, 2.45) is 11.8 Å². The summed E-state index contributed by atoms with van der Waals surface area (Å²) < 4.78 is 0. The smallest absolute Gasteiger partial charge is 0.109 e. The molecule has 0 radical (unpaired) electrons. The normalized spacial score (nSPS) is 35.8. The Hall–Kier alpha value is -0.590. The minimum absolute atomic E-state index is 0.157. The lowest BCUT2D eigenvalue weighted by atomic mass is 9.71. The molecule has 1 saturated heterocycles. The van der Waals surface area contributed by atoms with Crippen molar-refractivity contribution in [3.05, 3.63) is 0 Å². The average molecular weight is 235 g/mol. The Balaban J connectivity index is 2.10. The quantitative estimate of drug-likeness (QED) is 0.795. The third-order valence-electron chi connectivity index (χ3n) is 4.64. The lowest BCUT2D eigenvalue weighted by molar-refractivity contribution is 0.0520. The molecule has 17 heavy (non-hydrogen) atoms. The highest BCUT2D eigenvalue weighted by Gasteiger charge is 2.42. The van der Waals surface area contributed by atoms with Crippen molar-refractivity contribution in [1.29, 1.82) is 5.26 Å². The van der Waals surface area contributed by atoms with Crippen LogP contribution in [0.4, 0.5) is 0 Å². The van der Waals surface area contributed by atoms with Crippen LogP contribution in [0.25, 0.3) is 0 Å². The van der Waals surface area contributed by atoms with Crippen LogP contribution in [0, 0.1) is 23.2 Å². The van der Waals surface area contributed by atoms with Gasteiger partial charge in [0.1, 0.15) is 5.54 Å². The Bertz CT molecular complexity index is 288. The summed E-state index contributed by atoms with van der Waals surface area (Å²) in [6, 6.07) is 2.67. The van der Waals surface area contributed by atoms with Gasteiger partial charge < -0.3 is 5.32 Å². The predicted molar refractivity (Wildman–Crippen MR) is 69.6 cm³/mol. The first-order chi connectivity index (χ1) is 8.18. The molecule has 0 bridgehead atoms. The molecule has 96 valence electrons.